The molecule has 1 atom stereocenters. The summed E-state index contributed by atoms with van der Waals surface area (Å²) in [6.45, 7) is 4.53. The van der Waals surface area contributed by atoms with Crippen molar-refractivity contribution < 1.29 is 0 Å². The molecule has 1 unspecified atom stereocenters. The minimum atomic E-state index is 0.728. The fourth-order valence-corrected chi connectivity index (χ4v) is 2.11. The molecule has 0 spiro atoms. The maximum Gasteiger partial charge on any atom is 0.0405 e. The zero-order valence-corrected chi connectivity index (χ0v) is 10.5. The predicted octanol–water partition coefficient (Wildman–Crippen LogP) is 4.07. The minimum absolute atomic E-state index is 0.728. The van der Waals surface area contributed by atoms with Gasteiger partial charge >= 0.3 is 0 Å². The van der Waals surface area contributed by atoms with Crippen molar-refractivity contribution in [2.45, 2.75) is 26.7 Å². The first-order chi connectivity index (χ1) is 7.68. The number of rotatable bonds is 4. The third kappa shape index (κ3) is 2.66. The molecule has 0 radical (unpaired) electrons. The van der Waals surface area contributed by atoms with Crippen LogP contribution in [0, 0.1) is 11.8 Å². The molecule has 0 amide bonds. The summed E-state index contributed by atoms with van der Waals surface area (Å²) in [4.78, 5) is 2.26. The number of para-hydroxylation sites is 1. The second kappa shape index (κ2) is 4.73. The van der Waals surface area contributed by atoms with Crippen LogP contribution in [0.3, 0.4) is 0 Å². The van der Waals surface area contributed by atoms with Crippen LogP contribution in [-0.2, 0) is 0 Å². The number of allylic oxidation sites excluding steroid dienone is 2. The van der Waals surface area contributed by atoms with E-state index in [0.717, 1.165) is 11.8 Å². The van der Waals surface area contributed by atoms with Gasteiger partial charge in [0.05, 0.1) is 0 Å². The molecule has 1 fully saturated rings. The van der Waals surface area contributed by atoms with E-state index in [2.05, 4.69) is 62.2 Å². The van der Waals surface area contributed by atoms with Crippen LogP contribution < -0.4 is 4.90 Å². The lowest BCUT2D eigenvalue weighted by Crippen LogP contribution is -2.15. The van der Waals surface area contributed by atoms with Crippen LogP contribution in [0.15, 0.2) is 42.1 Å². The summed E-state index contributed by atoms with van der Waals surface area (Å²) in [6, 6.07) is 10.5. The van der Waals surface area contributed by atoms with Crippen molar-refractivity contribution in [3.63, 3.8) is 0 Å². The Hall–Kier alpha value is -1.24. The summed E-state index contributed by atoms with van der Waals surface area (Å²) in [5, 5.41) is 0. The number of anilines is 1. The third-order valence-electron chi connectivity index (χ3n) is 3.54. The van der Waals surface area contributed by atoms with Crippen LogP contribution >= 0.6 is 0 Å². The molecule has 1 nitrogen and oxygen atoms in total. The number of hydrogen-bond donors (Lipinski definition) is 0. The molecular weight excluding hydrogens is 194 g/mol. The van der Waals surface area contributed by atoms with Gasteiger partial charge in [-0.25, -0.2) is 0 Å². The molecule has 1 aliphatic carbocycles. The second-order valence-electron chi connectivity index (χ2n) is 4.90. The van der Waals surface area contributed by atoms with Crippen LogP contribution in [0.1, 0.15) is 26.7 Å². The molecule has 0 aromatic heterocycles. The monoisotopic (exact) mass is 215 g/mol. The van der Waals surface area contributed by atoms with Gasteiger partial charge in [0, 0.05) is 18.4 Å². The molecule has 1 saturated carbocycles. The topological polar surface area (TPSA) is 3.24 Å². The van der Waals surface area contributed by atoms with E-state index in [1.54, 1.807) is 0 Å². The standard InChI is InChI=1S/C15H21N/c1-12(14-9-10-14)11-13(2)16(3)15-7-5-4-6-8-15/h4-8,11-12,14H,9-10H2,1-3H3/b13-11-. The van der Waals surface area contributed by atoms with E-state index >= 15 is 0 Å². The molecule has 1 aromatic rings. The number of hydrogen-bond acceptors (Lipinski definition) is 1. The molecule has 0 N–H and O–H groups in total. The third-order valence-corrected chi connectivity index (χ3v) is 3.54. The lowest BCUT2D eigenvalue weighted by molar-refractivity contribution is 0.622. The quantitative estimate of drug-likeness (QED) is 0.731. The highest BCUT2D eigenvalue weighted by molar-refractivity contribution is 5.50. The van der Waals surface area contributed by atoms with Crippen molar-refractivity contribution in [3.05, 3.63) is 42.1 Å². The van der Waals surface area contributed by atoms with E-state index < -0.39 is 0 Å². The van der Waals surface area contributed by atoms with E-state index in [1.165, 1.54) is 24.2 Å². The van der Waals surface area contributed by atoms with Crippen molar-refractivity contribution in [1.29, 1.82) is 0 Å². The zero-order chi connectivity index (χ0) is 11.5. The van der Waals surface area contributed by atoms with Crippen LogP contribution in [0.2, 0.25) is 0 Å². The molecule has 1 heteroatoms. The van der Waals surface area contributed by atoms with Gasteiger partial charge in [0.1, 0.15) is 0 Å². The van der Waals surface area contributed by atoms with Crippen LogP contribution in [0.5, 0.6) is 0 Å². The molecule has 0 heterocycles. The van der Waals surface area contributed by atoms with Gasteiger partial charge in [0.25, 0.3) is 0 Å². The first-order valence-corrected chi connectivity index (χ1v) is 6.15. The Bertz CT molecular complexity index is 362. The average molecular weight is 215 g/mol. The minimum Gasteiger partial charge on any atom is -0.349 e. The van der Waals surface area contributed by atoms with E-state index in [4.69, 9.17) is 0 Å². The van der Waals surface area contributed by atoms with Crippen LogP contribution in [0.25, 0.3) is 0 Å². The lowest BCUT2D eigenvalue weighted by atomic mass is 10.1. The smallest absolute Gasteiger partial charge is 0.0405 e. The summed E-state index contributed by atoms with van der Waals surface area (Å²) in [5.41, 5.74) is 2.62. The normalized spacial score (nSPS) is 18.3. The van der Waals surface area contributed by atoms with Crippen molar-refractivity contribution in [1.82, 2.24) is 0 Å². The maximum absolute atomic E-state index is 2.41. The first-order valence-electron chi connectivity index (χ1n) is 6.15. The van der Waals surface area contributed by atoms with Gasteiger partial charge in [-0.05, 0) is 43.7 Å². The van der Waals surface area contributed by atoms with Crippen molar-refractivity contribution in [2.75, 3.05) is 11.9 Å². The molecule has 0 saturated heterocycles. The van der Waals surface area contributed by atoms with Crippen LogP contribution in [-0.4, -0.2) is 7.05 Å². The molecule has 16 heavy (non-hydrogen) atoms. The van der Waals surface area contributed by atoms with Gasteiger partial charge in [-0.2, -0.15) is 0 Å². The molecule has 2 rings (SSSR count). The van der Waals surface area contributed by atoms with E-state index in [1.807, 2.05) is 0 Å². The fourth-order valence-electron chi connectivity index (χ4n) is 2.11. The van der Waals surface area contributed by atoms with Gasteiger partial charge in [-0.1, -0.05) is 31.2 Å². The Morgan fingerprint density at radius 2 is 1.94 bits per heavy atom. The zero-order valence-electron chi connectivity index (χ0n) is 10.5. The number of nitrogens with zero attached hydrogens (tertiary/aromatic N) is 1. The molecule has 0 bridgehead atoms. The molecule has 1 aromatic carbocycles. The Morgan fingerprint density at radius 1 is 1.31 bits per heavy atom. The first kappa shape index (κ1) is 11.3. The summed E-state index contributed by atoms with van der Waals surface area (Å²) in [5.74, 6) is 1.67. The van der Waals surface area contributed by atoms with Gasteiger partial charge in [-0.15, -0.1) is 0 Å². The predicted molar refractivity (Wildman–Crippen MR) is 70.5 cm³/mol. The Balaban J connectivity index is 2.06. The van der Waals surface area contributed by atoms with Gasteiger partial charge in [0.15, 0.2) is 0 Å². The highest BCUT2D eigenvalue weighted by atomic mass is 15.1. The summed E-state index contributed by atoms with van der Waals surface area (Å²) in [6.07, 6.45) is 5.24. The molecule has 86 valence electrons. The Kier molecular flexibility index (Phi) is 3.33. The molecule has 1 aliphatic rings. The fraction of sp³-hybridized carbons (Fsp3) is 0.467. The lowest BCUT2D eigenvalue weighted by Gasteiger charge is -2.21. The summed E-state index contributed by atoms with van der Waals surface area (Å²) in [7, 11) is 2.14. The summed E-state index contributed by atoms with van der Waals surface area (Å²) >= 11 is 0. The molecule has 0 aliphatic heterocycles. The van der Waals surface area contributed by atoms with Crippen molar-refractivity contribution in [3.8, 4) is 0 Å². The van der Waals surface area contributed by atoms with Gasteiger partial charge < -0.3 is 4.90 Å². The van der Waals surface area contributed by atoms with Crippen LogP contribution in [0.4, 0.5) is 5.69 Å². The Labute approximate surface area is 98.8 Å². The Morgan fingerprint density at radius 3 is 2.50 bits per heavy atom. The van der Waals surface area contributed by atoms with E-state index in [0.29, 0.717) is 0 Å². The highest BCUT2D eigenvalue weighted by Gasteiger charge is 2.26. The number of benzene rings is 1. The highest BCUT2D eigenvalue weighted by Crippen LogP contribution is 2.37. The summed E-state index contributed by atoms with van der Waals surface area (Å²) < 4.78 is 0. The molecular formula is C15H21N. The van der Waals surface area contributed by atoms with Gasteiger partial charge in [0.2, 0.25) is 0 Å². The maximum atomic E-state index is 2.41. The van der Waals surface area contributed by atoms with E-state index in [9.17, 15) is 0 Å². The van der Waals surface area contributed by atoms with Crippen molar-refractivity contribution in [2.24, 2.45) is 11.8 Å². The van der Waals surface area contributed by atoms with E-state index in [-0.39, 0.29) is 0 Å². The van der Waals surface area contributed by atoms with Gasteiger partial charge in [-0.3, -0.25) is 0 Å². The second-order valence-corrected chi connectivity index (χ2v) is 4.90. The average Bonchev–Trinajstić information content (AvgIpc) is 3.13. The van der Waals surface area contributed by atoms with Crippen molar-refractivity contribution >= 4 is 5.69 Å². The largest absolute Gasteiger partial charge is 0.349 e. The SMILES string of the molecule is C/C(=C/C(C)C1CC1)N(C)c1ccccc1.